The third-order valence-corrected chi connectivity index (χ3v) is 5.04. The van der Waals surface area contributed by atoms with Crippen molar-refractivity contribution in [1.82, 2.24) is 5.32 Å². The molecule has 1 aromatic rings. The standard InChI is InChI=1S/C12H16ClNOS/c1-9-6-7-14-12(8-16(9)15)10-2-4-11(13)5-3-10/h2-5,9,12,14H,6-8H2,1H3. The molecule has 4 heteroatoms. The molecular formula is C12H16ClNOS. The highest BCUT2D eigenvalue weighted by molar-refractivity contribution is 7.85. The molecule has 2 rings (SSSR count). The maximum absolute atomic E-state index is 11.9. The highest BCUT2D eigenvalue weighted by Gasteiger charge is 2.22. The Hall–Kier alpha value is -0.380. The van der Waals surface area contributed by atoms with Crippen LogP contribution in [0.1, 0.15) is 24.9 Å². The quantitative estimate of drug-likeness (QED) is 0.838. The maximum atomic E-state index is 11.9. The second kappa shape index (κ2) is 5.30. The van der Waals surface area contributed by atoms with Crippen LogP contribution in [0.2, 0.25) is 5.02 Å². The van der Waals surface area contributed by atoms with Gasteiger partial charge < -0.3 is 5.32 Å². The van der Waals surface area contributed by atoms with Gasteiger partial charge in [-0.1, -0.05) is 30.7 Å². The molecule has 1 N–H and O–H groups in total. The molecule has 1 fully saturated rings. The van der Waals surface area contributed by atoms with Crippen LogP contribution in [0.4, 0.5) is 0 Å². The largest absolute Gasteiger partial charge is 0.309 e. The highest BCUT2D eigenvalue weighted by Crippen LogP contribution is 2.21. The van der Waals surface area contributed by atoms with E-state index in [0.717, 1.165) is 18.0 Å². The molecule has 0 aliphatic carbocycles. The van der Waals surface area contributed by atoms with Crippen LogP contribution in [-0.4, -0.2) is 21.8 Å². The minimum atomic E-state index is -0.734. The Morgan fingerprint density at radius 2 is 2.06 bits per heavy atom. The van der Waals surface area contributed by atoms with Gasteiger partial charge in [0, 0.05) is 32.9 Å². The topological polar surface area (TPSA) is 29.1 Å². The molecule has 2 nitrogen and oxygen atoms in total. The number of hydrogen-bond acceptors (Lipinski definition) is 2. The second-order valence-electron chi connectivity index (χ2n) is 4.20. The molecule has 1 saturated heterocycles. The molecule has 0 bridgehead atoms. The lowest BCUT2D eigenvalue weighted by molar-refractivity contribution is 0.578. The summed E-state index contributed by atoms with van der Waals surface area (Å²) < 4.78 is 11.9. The number of rotatable bonds is 1. The fourth-order valence-electron chi connectivity index (χ4n) is 1.89. The van der Waals surface area contributed by atoms with E-state index in [4.69, 9.17) is 11.6 Å². The van der Waals surface area contributed by atoms with Crippen molar-refractivity contribution in [3.05, 3.63) is 34.9 Å². The first kappa shape index (κ1) is 12.1. The van der Waals surface area contributed by atoms with Gasteiger partial charge in [0.15, 0.2) is 0 Å². The van der Waals surface area contributed by atoms with Gasteiger partial charge in [-0.05, 0) is 30.7 Å². The van der Waals surface area contributed by atoms with Gasteiger partial charge in [0.2, 0.25) is 0 Å². The van der Waals surface area contributed by atoms with Crippen LogP contribution < -0.4 is 5.32 Å². The lowest BCUT2D eigenvalue weighted by atomic mass is 10.1. The summed E-state index contributed by atoms with van der Waals surface area (Å²) >= 11 is 5.85. The van der Waals surface area contributed by atoms with E-state index in [9.17, 15) is 4.21 Å². The van der Waals surface area contributed by atoms with E-state index in [-0.39, 0.29) is 6.04 Å². The van der Waals surface area contributed by atoms with Gasteiger partial charge in [0.05, 0.1) is 0 Å². The fourth-order valence-corrected chi connectivity index (χ4v) is 3.36. The molecule has 1 heterocycles. The van der Waals surface area contributed by atoms with E-state index in [1.807, 2.05) is 24.3 Å². The molecule has 0 radical (unpaired) electrons. The van der Waals surface area contributed by atoms with Gasteiger partial charge in [-0.3, -0.25) is 4.21 Å². The molecule has 0 spiro atoms. The number of nitrogens with one attached hydrogen (secondary N) is 1. The Morgan fingerprint density at radius 3 is 2.75 bits per heavy atom. The molecule has 1 aromatic carbocycles. The van der Waals surface area contributed by atoms with Gasteiger partial charge in [-0.15, -0.1) is 0 Å². The van der Waals surface area contributed by atoms with Crippen LogP contribution in [0.3, 0.4) is 0 Å². The third kappa shape index (κ3) is 2.84. The summed E-state index contributed by atoms with van der Waals surface area (Å²) in [4.78, 5) is 0. The monoisotopic (exact) mass is 257 g/mol. The molecule has 0 amide bonds. The van der Waals surface area contributed by atoms with E-state index in [1.54, 1.807) is 0 Å². The predicted molar refractivity (Wildman–Crippen MR) is 69.3 cm³/mol. The van der Waals surface area contributed by atoms with Gasteiger partial charge in [0.1, 0.15) is 0 Å². The molecule has 0 aromatic heterocycles. The molecule has 3 unspecified atom stereocenters. The van der Waals surface area contributed by atoms with E-state index in [2.05, 4.69) is 12.2 Å². The predicted octanol–water partition coefficient (Wildman–Crippen LogP) is 2.51. The Labute approximate surface area is 104 Å². The van der Waals surface area contributed by atoms with Crippen molar-refractivity contribution in [3.8, 4) is 0 Å². The summed E-state index contributed by atoms with van der Waals surface area (Å²) in [6.07, 6.45) is 0.983. The normalized spacial score (nSPS) is 31.0. The molecule has 1 aliphatic heterocycles. The zero-order chi connectivity index (χ0) is 11.5. The first-order chi connectivity index (χ1) is 7.66. The minimum absolute atomic E-state index is 0.197. The van der Waals surface area contributed by atoms with E-state index in [1.165, 1.54) is 5.56 Å². The maximum Gasteiger partial charge on any atom is 0.0436 e. The Kier molecular flexibility index (Phi) is 4.00. The van der Waals surface area contributed by atoms with E-state index < -0.39 is 10.8 Å². The number of halogens is 1. The average Bonchev–Trinajstić information content (AvgIpc) is 2.43. The molecular weight excluding hydrogens is 242 g/mol. The molecule has 1 aliphatic rings. The zero-order valence-electron chi connectivity index (χ0n) is 9.28. The van der Waals surface area contributed by atoms with Crippen molar-refractivity contribution in [2.75, 3.05) is 12.3 Å². The number of benzene rings is 1. The van der Waals surface area contributed by atoms with Gasteiger partial charge in [0.25, 0.3) is 0 Å². The third-order valence-electron chi connectivity index (χ3n) is 2.99. The Bertz CT molecular complexity index is 379. The summed E-state index contributed by atoms with van der Waals surface area (Å²) in [6.45, 7) is 2.99. The van der Waals surface area contributed by atoms with Crippen LogP contribution >= 0.6 is 11.6 Å². The molecule has 0 saturated carbocycles. The van der Waals surface area contributed by atoms with E-state index >= 15 is 0 Å². The summed E-state index contributed by atoms with van der Waals surface area (Å²) in [5, 5.41) is 4.48. The highest BCUT2D eigenvalue weighted by atomic mass is 35.5. The first-order valence-corrected chi connectivity index (χ1v) is 7.29. The van der Waals surface area contributed by atoms with Crippen LogP contribution in [0.25, 0.3) is 0 Å². The number of hydrogen-bond donors (Lipinski definition) is 1. The SMILES string of the molecule is CC1CCNC(c2ccc(Cl)cc2)CS1=O. The summed E-state index contributed by atoms with van der Waals surface area (Å²) in [7, 11) is -0.734. The van der Waals surface area contributed by atoms with Crippen molar-refractivity contribution in [2.45, 2.75) is 24.6 Å². The summed E-state index contributed by atoms with van der Waals surface area (Å²) in [5.41, 5.74) is 1.17. The van der Waals surface area contributed by atoms with Crippen LogP contribution in [-0.2, 0) is 10.8 Å². The minimum Gasteiger partial charge on any atom is -0.309 e. The first-order valence-electron chi connectivity index (χ1n) is 5.53. The molecule has 88 valence electrons. The Balaban J connectivity index is 2.14. The van der Waals surface area contributed by atoms with Crippen LogP contribution in [0.5, 0.6) is 0 Å². The van der Waals surface area contributed by atoms with Crippen molar-refractivity contribution in [3.63, 3.8) is 0 Å². The van der Waals surface area contributed by atoms with Crippen molar-refractivity contribution >= 4 is 22.4 Å². The summed E-state index contributed by atoms with van der Waals surface area (Å²) in [5.74, 6) is 0.697. The van der Waals surface area contributed by atoms with Crippen molar-refractivity contribution in [1.29, 1.82) is 0 Å². The van der Waals surface area contributed by atoms with Gasteiger partial charge in [-0.2, -0.15) is 0 Å². The van der Waals surface area contributed by atoms with Crippen molar-refractivity contribution in [2.24, 2.45) is 0 Å². The van der Waals surface area contributed by atoms with Crippen LogP contribution in [0, 0.1) is 0 Å². The van der Waals surface area contributed by atoms with Crippen LogP contribution in [0.15, 0.2) is 24.3 Å². The summed E-state index contributed by atoms with van der Waals surface area (Å²) in [6, 6.07) is 7.98. The lowest BCUT2D eigenvalue weighted by Crippen LogP contribution is -2.23. The zero-order valence-corrected chi connectivity index (χ0v) is 10.9. The van der Waals surface area contributed by atoms with Gasteiger partial charge >= 0.3 is 0 Å². The van der Waals surface area contributed by atoms with Gasteiger partial charge in [-0.25, -0.2) is 0 Å². The average molecular weight is 258 g/mol. The second-order valence-corrected chi connectivity index (χ2v) is 6.54. The lowest BCUT2D eigenvalue weighted by Gasteiger charge is -2.15. The van der Waals surface area contributed by atoms with E-state index in [0.29, 0.717) is 11.0 Å². The molecule has 3 atom stereocenters. The fraction of sp³-hybridized carbons (Fsp3) is 0.500. The Morgan fingerprint density at radius 1 is 1.38 bits per heavy atom. The smallest absolute Gasteiger partial charge is 0.0436 e. The van der Waals surface area contributed by atoms with Crippen molar-refractivity contribution < 1.29 is 4.21 Å². The molecule has 16 heavy (non-hydrogen) atoms.